The molecule has 5 heteroatoms. The fraction of sp³-hybridized carbons (Fsp3) is 0.125. The first-order valence-corrected chi connectivity index (χ1v) is 7.24. The van der Waals surface area contributed by atoms with Crippen molar-refractivity contribution < 1.29 is 9.63 Å². The Labute approximate surface area is 130 Å². The number of benzene rings is 2. The Hall–Kier alpha value is -2.14. The molecule has 0 unspecified atom stereocenters. The van der Waals surface area contributed by atoms with Crippen LogP contribution in [0.15, 0.2) is 45.4 Å². The predicted octanol–water partition coefficient (Wildman–Crippen LogP) is 4.49. The summed E-state index contributed by atoms with van der Waals surface area (Å²) in [6.45, 7) is 3.93. The Kier molecular flexibility index (Phi) is 3.51. The molecule has 0 amide bonds. The summed E-state index contributed by atoms with van der Waals surface area (Å²) in [4.78, 5) is 4.39. The van der Waals surface area contributed by atoms with Gasteiger partial charge in [-0.1, -0.05) is 32.7 Å². The number of rotatable bonds is 2. The highest BCUT2D eigenvalue weighted by atomic mass is 79.9. The molecule has 0 fully saturated rings. The average Bonchev–Trinajstić information content (AvgIpc) is 2.91. The van der Waals surface area contributed by atoms with Crippen molar-refractivity contribution in [3.8, 4) is 28.6 Å². The second-order valence-corrected chi connectivity index (χ2v) is 5.82. The van der Waals surface area contributed by atoms with E-state index in [4.69, 9.17) is 4.52 Å². The van der Waals surface area contributed by atoms with Crippen molar-refractivity contribution in [3.63, 3.8) is 0 Å². The number of aromatic hydroxyl groups is 1. The average molecular weight is 345 g/mol. The fourth-order valence-corrected chi connectivity index (χ4v) is 2.62. The van der Waals surface area contributed by atoms with Gasteiger partial charge in [0.05, 0.1) is 5.56 Å². The van der Waals surface area contributed by atoms with Crippen molar-refractivity contribution in [1.82, 2.24) is 10.1 Å². The Balaban J connectivity index is 2.06. The molecule has 0 saturated carbocycles. The summed E-state index contributed by atoms with van der Waals surface area (Å²) in [6.07, 6.45) is 0. The molecule has 0 aliphatic heterocycles. The maximum Gasteiger partial charge on any atom is 0.262 e. The van der Waals surface area contributed by atoms with E-state index in [1.165, 1.54) is 0 Å². The van der Waals surface area contributed by atoms with E-state index in [1.54, 1.807) is 6.07 Å². The number of nitrogens with zero attached hydrogens (tertiary/aromatic N) is 2. The van der Waals surface area contributed by atoms with Gasteiger partial charge in [-0.2, -0.15) is 4.98 Å². The third-order valence-electron chi connectivity index (χ3n) is 3.24. The van der Waals surface area contributed by atoms with Gasteiger partial charge in [-0.05, 0) is 49.7 Å². The zero-order chi connectivity index (χ0) is 15.0. The molecule has 3 aromatic rings. The van der Waals surface area contributed by atoms with Crippen LogP contribution in [0.25, 0.3) is 22.8 Å². The maximum absolute atomic E-state index is 9.93. The first kappa shape index (κ1) is 13.8. The summed E-state index contributed by atoms with van der Waals surface area (Å²) in [5.41, 5.74) is 3.51. The zero-order valence-electron chi connectivity index (χ0n) is 11.6. The van der Waals surface area contributed by atoms with Gasteiger partial charge in [-0.25, -0.2) is 0 Å². The molecule has 0 atom stereocenters. The van der Waals surface area contributed by atoms with E-state index >= 15 is 0 Å². The summed E-state index contributed by atoms with van der Waals surface area (Å²) in [5.74, 6) is 0.952. The number of aryl methyl sites for hydroxylation is 2. The molecule has 0 bridgehead atoms. The molecule has 0 spiro atoms. The van der Waals surface area contributed by atoms with E-state index in [-0.39, 0.29) is 5.75 Å². The number of phenolic OH excluding ortho intramolecular Hbond substituents is 1. The van der Waals surface area contributed by atoms with Crippen LogP contribution < -0.4 is 0 Å². The quantitative estimate of drug-likeness (QED) is 0.744. The molecule has 1 N–H and O–H groups in total. The summed E-state index contributed by atoms with van der Waals surface area (Å²) in [5, 5.41) is 13.9. The lowest BCUT2D eigenvalue weighted by Crippen LogP contribution is -1.86. The predicted molar refractivity (Wildman–Crippen MR) is 84.0 cm³/mol. The van der Waals surface area contributed by atoms with E-state index in [0.29, 0.717) is 17.3 Å². The molecule has 0 aliphatic carbocycles. The highest BCUT2D eigenvalue weighted by Gasteiger charge is 2.15. The monoisotopic (exact) mass is 344 g/mol. The van der Waals surface area contributed by atoms with Crippen LogP contribution >= 0.6 is 15.9 Å². The van der Waals surface area contributed by atoms with Crippen LogP contribution in [0.2, 0.25) is 0 Å². The van der Waals surface area contributed by atoms with Gasteiger partial charge < -0.3 is 9.63 Å². The number of aromatic nitrogens is 2. The van der Waals surface area contributed by atoms with Crippen molar-refractivity contribution in [3.05, 3.63) is 52.0 Å². The number of hydrogen-bond acceptors (Lipinski definition) is 4. The first-order chi connectivity index (χ1) is 10.0. The van der Waals surface area contributed by atoms with Crippen molar-refractivity contribution in [1.29, 1.82) is 0 Å². The molecule has 106 valence electrons. The summed E-state index contributed by atoms with van der Waals surface area (Å²) in [6, 6.07) is 11.1. The first-order valence-electron chi connectivity index (χ1n) is 6.45. The van der Waals surface area contributed by atoms with Crippen molar-refractivity contribution >= 4 is 15.9 Å². The molecule has 1 aromatic heterocycles. The van der Waals surface area contributed by atoms with Crippen LogP contribution in [0.3, 0.4) is 0 Å². The lowest BCUT2D eigenvalue weighted by atomic mass is 10.1. The topological polar surface area (TPSA) is 59.2 Å². The van der Waals surface area contributed by atoms with E-state index < -0.39 is 0 Å². The van der Waals surface area contributed by atoms with Gasteiger partial charge in [0.15, 0.2) is 0 Å². The van der Waals surface area contributed by atoms with Crippen LogP contribution in [0.5, 0.6) is 5.75 Å². The maximum atomic E-state index is 9.93. The van der Waals surface area contributed by atoms with Crippen molar-refractivity contribution in [2.45, 2.75) is 13.8 Å². The fourth-order valence-electron chi connectivity index (χ4n) is 2.14. The van der Waals surface area contributed by atoms with Crippen molar-refractivity contribution in [2.24, 2.45) is 0 Å². The molecule has 0 saturated heterocycles. The van der Waals surface area contributed by atoms with Crippen molar-refractivity contribution in [2.75, 3.05) is 0 Å². The Morgan fingerprint density at radius 2 is 1.86 bits per heavy atom. The third-order valence-corrected chi connectivity index (χ3v) is 3.73. The number of hydrogen-bond donors (Lipinski definition) is 1. The molecule has 1 heterocycles. The van der Waals surface area contributed by atoms with Crippen LogP contribution in [0.4, 0.5) is 0 Å². The van der Waals surface area contributed by atoms with Gasteiger partial charge >= 0.3 is 0 Å². The van der Waals surface area contributed by atoms with E-state index in [9.17, 15) is 5.11 Å². The van der Waals surface area contributed by atoms with Gasteiger partial charge in [0.1, 0.15) is 5.75 Å². The molecule has 2 aromatic carbocycles. The molecular weight excluding hydrogens is 332 g/mol. The standard InChI is InChI=1S/C16H13BrN2O2/c1-9-3-6-14(20)13(7-9)16-18-15(19-21-16)12-5-4-11(17)8-10(12)2/h3-8,20H,1-2H3. The van der Waals surface area contributed by atoms with Gasteiger partial charge in [-0.15, -0.1) is 0 Å². The molecule has 3 rings (SSSR count). The van der Waals surface area contributed by atoms with Crippen LogP contribution in [0, 0.1) is 13.8 Å². The van der Waals surface area contributed by atoms with Crippen LogP contribution in [-0.2, 0) is 0 Å². The normalized spacial score (nSPS) is 10.8. The molecular formula is C16H13BrN2O2. The Morgan fingerprint density at radius 1 is 1.05 bits per heavy atom. The Bertz CT molecular complexity index is 812. The van der Waals surface area contributed by atoms with E-state index in [0.717, 1.165) is 21.2 Å². The minimum Gasteiger partial charge on any atom is -0.507 e. The van der Waals surface area contributed by atoms with Gasteiger partial charge in [0, 0.05) is 10.0 Å². The smallest absolute Gasteiger partial charge is 0.262 e. The van der Waals surface area contributed by atoms with Gasteiger partial charge in [0.25, 0.3) is 5.89 Å². The molecule has 4 nitrogen and oxygen atoms in total. The second kappa shape index (κ2) is 5.33. The molecule has 21 heavy (non-hydrogen) atoms. The van der Waals surface area contributed by atoms with E-state index in [2.05, 4.69) is 26.1 Å². The van der Waals surface area contributed by atoms with Crippen LogP contribution in [0.1, 0.15) is 11.1 Å². The Morgan fingerprint density at radius 3 is 2.62 bits per heavy atom. The second-order valence-electron chi connectivity index (χ2n) is 4.90. The van der Waals surface area contributed by atoms with Gasteiger partial charge in [0.2, 0.25) is 5.82 Å². The number of phenols is 1. The SMILES string of the molecule is Cc1ccc(O)c(-c2nc(-c3ccc(Br)cc3C)no2)c1. The highest BCUT2D eigenvalue weighted by Crippen LogP contribution is 2.31. The summed E-state index contributed by atoms with van der Waals surface area (Å²) >= 11 is 3.43. The summed E-state index contributed by atoms with van der Waals surface area (Å²) < 4.78 is 6.30. The molecule has 0 radical (unpaired) electrons. The minimum absolute atomic E-state index is 0.128. The molecule has 0 aliphatic rings. The largest absolute Gasteiger partial charge is 0.507 e. The van der Waals surface area contributed by atoms with E-state index in [1.807, 2.05) is 44.2 Å². The number of halogens is 1. The third kappa shape index (κ3) is 2.69. The summed E-state index contributed by atoms with van der Waals surface area (Å²) in [7, 11) is 0. The van der Waals surface area contributed by atoms with Gasteiger partial charge in [-0.3, -0.25) is 0 Å². The lowest BCUT2D eigenvalue weighted by Gasteiger charge is -2.01. The lowest BCUT2D eigenvalue weighted by molar-refractivity contribution is 0.425. The minimum atomic E-state index is 0.128. The highest BCUT2D eigenvalue weighted by molar-refractivity contribution is 9.10. The van der Waals surface area contributed by atoms with Crippen LogP contribution in [-0.4, -0.2) is 15.2 Å². The zero-order valence-corrected chi connectivity index (χ0v) is 13.2.